The largest absolute Gasteiger partial charge is 0.488 e. The number of likely N-dealkylation sites (N-methyl/N-ethyl adjacent to an activating group) is 1. The van der Waals surface area contributed by atoms with E-state index in [0.717, 1.165) is 11.1 Å². The van der Waals surface area contributed by atoms with Gasteiger partial charge in [0.25, 0.3) is 0 Å². The Labute approximate surface area is 351 Å². The number of rotatable bonds is 12. The third-order valence-corrected chi connectivity index (χ3v) is 10.9. The van der Waals surface area contributed by atoms with E-state index < -0.39 is 89.6 Å². The maximum absolute atomic E-state index is 14.7. The molecule has 0 saturated carbocycles. The Morgan fingerprint density at radius 3 is 1.98 bits per heavy atom. The first-order chi connectivity index (χ1) is 27.6. The predicted octanol–water partition coefficient (Wildman–Crippen LogP) is 4.11. The molecule has 2 heterocycles. The summed E-state index contributed by atoms with van der Waals surface area (Å²) in [7, 11) is 1.51. The van der Waals surface area contributed by atoms with Gasteiger partial charge in [0.05, 0.1) is 19.6 Å². The van der Waals surface area contributed by atoms with E-state index >= 15 is 0 Å². The van der Waals surface area contributed by atoms with Crippen LogP contribution < -0.4 is 26.0 Å². The SMILES string of the molecule is CCC(C)C1NC(=O)C(Cc2ccc(OC(C)(C)C)c(C)c2)N(C)C(=O)C(C(C)CC)NC(=O)C(CCC2OCCO2)NC(=O)C(CC(C)C)NC(=O)CC(C)OC1=O. The number of amides is 5. The molecular formula is C44H71N5O10. The van der Waals surface area contributed by atoms with Crippen molar-refractivity contribution in [3.05, 3.63) is 29.3 Å². The lowest BCUT2D eigenvalue weighted by molar-refractivity contribution is -0.155. The summed E-state index contributed by atoms with van der Waals surface area (Å²) in [4.78, 5) is 86.0. The van der Waals surface area contributed by atoms with Crippen LogP contribution in [0, 0.1) is 24.7 Å². The van der Waals surface area contributed by atoms with E-state index in [0.29, 0.717) is 31.8 Å². The van der Waals surface area contributed by atoms with Crippen LogP contribution in [0.15, 0.2) is 18.2 Å². The Bertz CT molecular complexity index is 1610. The van der Waals surface area contributed by atoms with Gasteiger partial charge in [0, 0.05) is 19.9 Å². The third-order valence-electron chi connectivity index (χ3n) is 10.9. The molecule has 0 aromatic heterocycles. The smallest absolute Gasteiger partial charge is 0.329 e. The Kier molecular flexibility index (Phi) is 18.6. The number of esters is 1. The maximum Gasteiger partial charge on any atom is 0.329 e. The van der Waals surface area contributed by atoms with Crippen LogP contribution in [0.3, 0.4) is 0 Å². The quantitative estimate of drug-likeness (QED) is 0.223. The normalized spacial score (nSPS) is 26.2. The third kappa shape index (κ3) is 15.1. The molecule has 2 aliphatic heterocycles. The monoisotopic (exact) mass is 830 g/mol. The van der Waals surface area contributed by atoms with Gasteiger partial charge in [0.2, 0.25) is 29.5 Å². The van der Waals surface area contributed by atoms with Crippen LogP contribution in [0.25, 0.3) is 0 Å². The van der Waals surface area contributed by atoms with Crippen molar-refractivity contribution in [3.8, 4) is 5.75 Å². The van der Waals surface area contributed by atoms with Crippen LogP contribution in [-0.4, -0.2) is 109 Å². The van der Waals surface area contributed by atoms with Crippen LogP contribution in [0.1, 0.15) is 119 Å². The van der Waals surface area contributed by atoms with Crippen molar-refractivity contribution in [2.24, 2.45) is 17.8 Å². The van der Waals surface area contributed by atoms with Crippen LogP contribution in [0.2, 0.25) is 0 Å². The van der Waals surface area contributed by atoms with Crippen molar-refractivity contribution in [1.29, 1.82) is 0 Å². The number of carbonyl (C=O) groups is 6. The lowest BCUT2D eigenvalue weighted by Crippen LogP contribution is -2.61. The number of benzene rings is 1. The minimum atomic E-state index is -1.13. The highest BCUT2D eigenvalue weighted by molar-refractivity contribution is 5.96. The minimum Gasteiger partial charge on any atom is -0.488 e. The fourth-order valence-corrected chi connectivity index (χ4v) is 7.09. The van der Waals surface area contributed by atoms with Gasteiger partial charge in [-0.15, -0.1) is 0 Å². The van der Waals surface area contributed by atoms with Gasteiger partial charge in [-0.1, -0.05) is 66.5 Å². The molecule has 2 saturated heterocycles. The van der Waals surface area contributed by atoms with E-state index in [1.807, 2.05) is 87.4 Å². The van der Waals surface area contributed by atoms with Crippen molar-refractivity contribution in [2.45, 2.75) is 169 Å². The highest BCUT2D eigenvalue weighted by atomic mass is 16.7. The highest BCUT2D eigenvalue weighted by Crippen LogP contribution is 2.26. The number of hydrogen-bond donors (Lipinski definition) is 4. The fourth-order valence-electron chi connectivity index (χ4n) is 7.09. The van der Waals surface area contributed by atoms with Gasteiger partial charge in [-0.25, -0.2) is 4.79 Å². The topological polar surface area (TPSA) is 191 Å². The van der Waals surface area contributed by atoms with E-state index in [-0.39, 0.29) is 43.9 Å². The van der Waals surface area contributed by atoms with Crippen molar-refractivity contribution in [1.82, 2.24) is 26.2 Å². The number of ether oxygens (including phenoxy) is 4. The van der Waals surface area contributed by atoms with Crippen LogP contribution in [0.5, 0.6) is 5.75 Å². The van der Waals surface area contributed by atoms with Gasteiger partial charge in [0.1, 0.15) is 47.7 Å². The molecule has 332 valence electrons. The summed E-state index contributed by atoms with van der Waals surface area (Å²) in [5.41, 5.74) is 1.14. The molecule has 3 rings (SSSR count). The van der Waals surface area contributed by atoms with Gasteiger partial charge < -0.3 is 45.1 Å². The standard InChI is InChI=1S/C44H71N5O10/c1-13-26(5)37-42(54)49(12)33(24-30-15-17-34(28(7)22-30)59-44(9,10)11)41(53)48-38(27(6)14-2)43(55)58-29(8)23-35(50)45-32(21-25(3)4)40(52)46-31(39(51)47-37)16-18-36-56-19-20-57-36/h15,17,22,25-27,29,31-33,36-38H,13-14,16,18-21,23-24H2,1-12H3,(H,45,50)(H,46,52)(H,47,51)(H,48,53). The Balaban J connectivity index is 2.14. The zero-order chi connectivity index (χ0) is 44.2. The molecule has 2 aliphatic rings. The summed E-state index contributed by atoms with van der Waals surface area (Å²) >= 11 is 0. The predicted molar refractivity (Wildman–Crippen MR) is 223 cm³/mol. The summed E-state index contributed by atoms with van der Waals surface area (Å²) < 4.78 is 23.1. The average molecular weight is 830 g/mol. The number of cyclic esters (lactones) is 1. The van der Waals surface area contributed by atoms with E-state index in [9.17, 15) is 28.8 Å². The molecule has 15 nitrogen and oxygen atoms in total. The van der Waals surface area contributed by atoms with Crippen LogP contribution in [-0.2, 0) is 49.4 Å². The van der Waals surface area contributed by atoms with Crippen molar-refractivity contribution < 1.29 is 47.7 Å². The van der Waals surface area contributed by atoms with Gasteiger partial charge in [-0.2, -0.15) is 0 Å². The second kappa shape index (κ2) is 22.4. The zero-order valence-corrected chi connectivity index (χ0v) is 37.4. The van der Waals surface area contributed by atoms with E-state index in [2.05, 4.69) is 21.3 Å². The van der Waals surface area contributed by atoms with Crippen molar-refractivity contribution >= 4 is 35.5 Å². The first-order valence-electron chi connectivity index (χ1n) is 21.3. The number of nitrogens with one attached hydrogen (secondary N) is 4. The number of nitrogens with zero attached hydrogens (tertiary/aromatic N) is 1. The van der Waals surface area contributed by atoms with Crippen LogP contribution in [0.4, 0.5) is 0 Å². The molecule has 4 N–H and O–H groups in total. The number of hydrogen-bond acceptors (Lipinski definition) is 10. The first kappa shape index (κ1) is 49.1. The van der Waals surface area contributed by atoms with Crippen molar-refractivity contribution in [3.63, 3.8) is 0 Å². The summed E-state index contributed by atoms with van der Waals surface area (Å²) in [6.45, 7) is 21.4. The molecule has 0 bridgehead atoms. The lowest BCUT2D eigenvalue weighted by atomic mass is 9.94. The lowest BCUT2D eigenvalue weighted by Gasteiger charge is -2.35. The molecule has 8 unspecified atom stereocenters. The molecule has 2 fully saturated rings. The Morgan fingerprint density at radius 1 is 0.814 bits per heavy atom. The maximum atomic E-state index is 14.7. The first-order valence-corrected chi connectivity index (χ1v) is 21.3. The molecule has 59 heavy (non-hydrogen) atoms. The number of aryl methyl sites for hydroxylation is 1. The van der Waals surface area contributed by atoms with Crippen LogP contribution >= 0.6 is 0 Å². The highest BCUT2D eigenvalue weighted by Gasteiger charge is 2.39. The molecule has 8 atom stereocenters. The van der Waals surface area contributed by atoms with Gasteiger partial charge in [-0.05, 0) is 82.4 Å². The van der Waals surface area contributed by atoms with E-state index in [1.165, 1.54) is 11.9 Å². The number of carbonyl (C=O) groups excluding carboxylic acids is 6. The summed E-state index contributed by atoms with van der Waals surface area (Å²) in [6, 6.07) is 0.111. The van der Waals surface area contributed by atoms with E-state index in [4.69, 9.17) is 18.9 Å². The minimum absolute atomic E-state index is 0.00932. The molecule has 15 heteroatoms. The van der Waals surface area contributed by atoms with E-state index in [1.54, 1.807) is 6.92 Å². The molecular weight excluding hydrogens is 759 g/mol. The molecule has 0 spiro atoms. The zero-order valence-electron chi connectivity index (χ0n) is 37.4. The molecule has 0 aliphatic carbocycles. The summed E-state index contributed by atoms with van der Waals surface area (Å²) in [6.07, 6.45) is 0.0187. The molecule has 1 aromatic rings. The second-order valence-electron chi connectivity index (χ2n) is 17.7. The van der Waals surface area contributed by atoms with Crippen molar-refractivity contribution in [2.75, 3.05) is 20.3 Å². The molecule has 1 aromatic carbocycles. The molecule has 5 amide bonds. The molecule has 0 radical (unpaired) electrons. The van der Waals surface area contributed by atoms with Gasteiger partial charge >= 0.3 is 5.97 Å². The van der Waals surface area contributed by atoms with Gasteiger partial charge in [0.15, 0.2) is 6.29 Å². The second-order valence-corrected chi connectivity index (χ2v) is 17.7. The summed E-state index contributed by atoms with van der Waals surface area (Å²) in [5, 5.41) is 11.4. The Hall–Kier alpha value is -4.24. The Morgan fingerprint density at radius 2 is 1.41 bits per heavy atom. The van der Waals surface area contributed by atoms with Gasteiger partial charge in [-0.3, -0.25) is 24.0 Å². The fraction of sp³-hybridized carbons (Fsp3) is 0.727. The summed E-state index contributed by atoms with van der Waals surface area (Å²) in [5.74, 6) is -3.64. The average Bonchev–Trinajstić information content (AvgIpc) is 3.68.